The van der Waals surface area contributed by atoms with Gasteiger partial charge in [-0.2, -0.15) is 10.1 Å². The van der Waals surface area contributed by atoms with Crippen LogP contribution in [0, 0.1) is 55.2 Å². The number of morpholine rings is 1. The molecule has 0 spiro atoms. The van der Waals surface area contributed by atoms with Crippen molar-refractivity contribution in [2.75, 3.05) is 45.0 Å². The molecule has 0 bridgehead atoms. The topological polar surface area (TPSA) is 393 Å². The number of aromatic carboxylic acids is 3. The number of aryl methyl sites for hydroxylation is 8. The van der Waals surface area contributed by atoms with Gasteiger partial charge in [-0.1, -0.05) is 78.3 Å². The number of anilines is 1. The first kappa shape index (κ1) is 95.1. The predicted octanol–water partition coefficient (Wildman–Crippen LogP) is 21.5. The van der Waals surface area contributed by atoms with Gasteiger partial charge in [0.2, 0.25) is 5.89 Å². The number of aromatic nitrogens is 4. The lowest BCUT2D eigenvalue weighted by Crippen LogP contribution is -2.44. The van der Waals surface area contributed by atoms with Crippen LogP contribution in [0.25, 0.3) is 79.5 Å². The maximum atomic E-state index is 12.9. The zero-order valence-corrected chi connectivity index (χ0v) is 76.0. The number of thioether (sulfide) groups is 1. The molecule has 8 heterocycles. The van der Waals surface area contributed by atoms with E-state index < -0.39 is 39.9 Å². The number of rotatable bonds is 24. The summed E-state index contributed by atoms with van der Waals surface area (Å²) < 4.78 is 37.2. The quantitative estimate of drug-likeness (QED) is 0.0143. The average molecular weight is 1930 g/mol. The molecule has 2 saturated heterocycles. The number of hydrogen-bond donors (Lipinski definition) is 4. The molecule has 0 aliphatic carbocycles. The minimum absolute atomic E-state index is 0. The van der Waals surface area contributed by atoms with Crippen molar-refractivity contribution >= 4 is 150 Å². The Kier molecular flexibility index (Phi) is 30.2. The summed E-state index contributed by atoms with van der Waals surface area (Å²) in [7, 11) is 1.63. The summed E-state index contributed by atoms with van der Waals surface area (Å²) in [6.07, 6.45) is 6.22. The highest BCUT2D eigenvalue weighted by Crippen LogP contribution is 2.39. The van der Waals surface area contributed by atoms with Gasteiger partial charge in [-0.15, -0.1) is 0 Å². The molecule has 132 heavy (non-hydrogen) atoms. The highest BCUT2D eigenvalue weighted by atomic mass is 127. The monoisotopic (exact) mass is 1930 g/mol. The Morgan fingerprint density at radius 3 is 2.06 bits per heavy atom. The lowest BCUT2D eigenvalue weighted by Gasteiger charge is -2.32. The molecule has 3 aliphatic heterocycles. The number of nitro groups is 1. The molecule has 1 atom stereocenters. The number of aromatic hydroxyl groups is 1. The molecular formula is C100H90ClIN10O19S. The summed E-state index contributed by atoms with van der Waals surface area (Å²) in [4.78, 5) is 112. The van der Waals surface area contributed by atoms with Crippen LogP contribution < -0.4 is 9.75 Å². The fourth-order valence-corrected chi connectivity index (χ4v) is 16.5. The first-order valence-electron chi connectivity index (χ1n) is 41.2. The van der Waals surface area contributed by atoms with E-state index in [4.69, 9.17) is 54.0 Å². The fraction of sp³-hybridized carbons (Fsp3) is 0.200. The minimum Gasteiger partial charge on any atom is -0.507 e. The number of hydrogen-bond acceptors (Lipinski definition) is 23. The molecule has 0 saturated carbocycles. The molecule has 4 N–H and O–H groups in total. The number of amides is 3. The maximum absolute atomic E-state index is 12.9. The van der Waals surface area contributed by atoms with Crippen LogP contribution in [0.5, 0.6) is 11.5 Å². The van der Waals surface area contributed by atoms with Gasteiger partial charge in [-0.3, -0.25) is 44.1 Å². The summed E-state index contributed by atoms with van der Waals surface area (Å²) in [6, 6.07) is 58.1. The van der Waals surface area contributed by atoms with Gasteiger partial charge in [-0.05, 0) is 281 Å². The fourth-order valence-electron chi connectivity index (χ4n) is 14.9. The number of halogens is 2. The van der Waals surface area contributed by atoms with Crippen molar-refractivity contribution in [1.82, 2.24) is 29.5 Å². The van der Waals surface area contributed by atoms with Crippen molar-refractivity contribution in [3.8, 4) is 56.7 Å². The van der Waals surface area contributed by atoms with E-state index in [9.17, 15) is 53.9 Å². The van der Waals surface area contributed by atoms with Crippen LogP contribution in [-0.2, 0) is 44.9 Å². The highest BCUT2D eigenvalue weighted by molar-refractivity contribution is 14.1. The van der Waals surface area contributed by atoms with E-state index >= 15 is 0 Å². The molecule has 29 nitrogen and oxygen atoms in total. The lowest BCUT2D eigenvalue weighted by atomic mass is 10.0. The van der Waals surface area contributed by atoms with E-state index in [-0.39, 0.29) is 59.2 Å². The molecule has 17 rings (SSSR count). The SMILES string of the molecule is C.CC1=NN(c2ccc(C(=O)O)cc2)C(=O)/C1=C/c1ccc(-c2cc(C)c(C)cc2[N+](=O)[O-])o1.COc1ccc(CCc2nc3cc(-c4c(C)noc4C)ccc3n2C[C@H](C)N2CCOCC2)cc1Cl.Cc1ccc(CC(=O)CN2C(=O)S/C(=C\c3ccc(-c4ccc(C(=O)O)c(C)c4)o3)C2=O)cc1.O=C(O)c1ccc(O)c(C=Nc2ccc3oc(-c4cccc(I)c4)nc3c2)c1. The summed E-state index contributed by atoms with van der Waals surface area (Å²) >= 11 is 9.38. The van der Waals surface area contributed by atoms with E-state index in [1.807, 2.05) is 88.4 Å². The molecule has 32 heteroatoms. The Morgan fingerprint density at radius 2 is 1.38 bits per heavy atom. The highest BCUT2D eigenvalue weighted by Gasteiger charge is 2.37. The zero-order chi connectivity index (χ0) is 93.2. The number of ketones is 1. The van der Waals surface area contributed by atoms with Gasteiger partial charge in [0.05, 0.1) is 103 Å². The number of carbonyl (C=O) groups is 7. The standard InChI is InChI=1S/C28H33ClN4O3.C26H21NO6S.C24H19N3O6.C21H13IN2O4.CH4/c1-18(32-11-13-35-14-12-32)17-33-25-8-7-22(28-19(2)31-36-20(28)3)16-24(25)30-27(33)10-6-21-5-9-26(34-4)23(29)15-21;1-15-3-5-17(6-4-15)12-19(28)14-27-24(29)23(34-26(27)32)13-20-8-10-22(33-20)18-7-9-21(25(30)31)16(2)11-18;1-13-10-20(21(27(31)32)11-14(13)2)22-9-8-18(33-22)12-19-15(3)25-26(23(19)28)17-6-4-16(5-7-17)24(29)30;22-15-3-1-2-12(9-15)20-24-17-10-16(5-7-19(17)28-20)23-11-14-8-13(21(26)27)4-6-18(14)25;/h5,7-9,15-16,18H,6,10-14,17H2,1-4H3;3-11,13H,12,14H2,1-2H3,(H,30,31);4-12H,1-3H3,(H,29,30);1-11,25H,(H,26,27);1H4/b;23-13-;19-12+;;/t18-;;;;/m0..../s1. The van der Waals surface area contributed by atoms with Crippen LogP contribution >= 0.6 is 46.0 Å². The smallest absolute Gasteiger partial charge is 0.335 e. The van der Waals surface area contributed by atoms with E-state index in [1.54, 1.807) is 88.5 Å². The van der Waals surface area contributed by atoms with E-state index in [0.717, 1.165) is 139 Å². The van der Waals surface area contributed by atoms with Gasteiger partial charge in [0, 0.05) is 82.7 Å². The van der Waals surface area contributed by atoms with Gasteiger partial charge in [-0.25, -0.2) is 24.4 Å². The number of oxazole rings is 1. The van der Waals surface area contributed by atoms with Crippen LogP contribution in [-0.4, -0.2) is 154 Å². The number of furan rings is 2. The third-order valence-corrected chi connectivity index (χ3v) is 23.8. The number of ether oxygens (including phenoxy) is 2. The number of phenols is 1. The Bertz CT molecular complexity index is 6920. The first-order chi connectivity index (χ1) is 62.8. The average Bonchev–Trinajstić information content (AvgIpc) is 1.62. The number of aliphatic imine (C=N–C) groups is 1. The number of methoxy groups -OCH3 is 1. The second-order valence-corrected chi connectivity index (χ2v) is 33.8. The van der Waals surface area contributed by atoms with Crippen molar-refractivity contribution in [3.63, 3.8) is 0 Å². The Morgan fingerprint density at radius 1 is 0.682 bits per heavy atom. The Hall–Kier alpha value is -14.5. The third kappa shape index (κ3) is 22.5. The number of phenolic OH excluding ortho intramolecular Hbond substituents is 1. The number of fused-ring (bicyclic) bond motifs is 2. The van der Waals surface area contributed by atoms with E-state index in [1.165, 1.54) is 78.0 Å². The summed E-state index contributed by atoms with van der Waals surface area (Å²) in [5.74, 6) is 0.312. The number of imide groups is 1. The van der Waals surface area contributed by atoms with Crippen LogP contribution in [0.4, 0.5) is 21.9 Å². The summed E-state index contributed by atoms with van der Waals surface area (Å²) in [5, 5.41) is 58.4. The van der Waals surface area contributed by atoms with Gasteiger partial charge in [0.15, 0.2) is 11.4 Å². The summed E-state index contributed by atoms with van der Waals surface area (Å²) in [6.45, 7) is 19.3. The van der Waals surface area contributed by atoms with Crippen LogP contribution in [0.15, 0.2) is 239 Å². The number of Topliss-reactive ketones (excluding diaryl/α,β-unsaturated/α-hetero) is 1. The molecule has 3 aliphatic rings. The van der Waals surface area contributed by atoms with Crippen molar-refractivity contribution in [2.45, 2.75) is 94.7 Å². The molecule has 674 valence electrons. The van der Waals surface area contributed by atoms with Gasteiger partial charge in [0.25, 0.3) is 22.7 Å². The molecule has 0 unspecified atom stereocenters. The number of nitrogens with zero attached hydrogens (tertiary/aromatic N) is 10. The number of carbonyl (C=O) groups excluding carboxylic acids is 4. The lowest BCUT2D eigenvalue weighted by molar-refractivity contribution is -0.384. The summed E-state index contributed by atoms with van der Waals surface area (Å²) in [5.41, 5.74) is 16.2. The van der Waals surface area contributed by atoms with Gasteiger partial charge in [0.1, 0.15) is 51.6 Å². The van der Waals surface area contributed by atoms with Crippen LogP contribution in [0.2, 0.25) is 5.02 Å². The molecule has 14 aromatic rings. The largest absolute Gasteiger partial charge is 0.507 e. The predicted molar refractivity (Wildman–Crippen MR) is 514 cm³/mol. The number of carboxylic acids is 3. The third-order valence-electron chi connectivity index (χ3n) is 22.0. The van der Waals surface area contributed by atoms with E-state index in [2.05, 4.69) is 83.5 Å². The zero-order valence-electron chi connectivity index (χ0n) is 72.3. The number of nitro benzene ring substituents is 1. The normalized spacial score (nSPS) is 14.1. The van der Waals surface area contributed by atoms with Gasteiger partial charge >= 0.3 is 17.9 Å². The first-order valence-corrected chi connectivity index (χ1v) is 43.5. The number of carboxylic acid groups (broad SMARTS) is 3. The van der Waals surface area contributed by atoms with Crippen LogP contribution in [0.3, 0.4) is 0 Å². The molecule has 2 fully saturated rings. The van der Waals surface area contributed by atoms with Crippen LogP contribution in [0.1, 0.15) is 120 Å². The molecule has 0 radical (unpaired) electrons. The molecule has 9 aromatic carbocycles. The Balaban J connectivity index is 0.000000150. The van der Waals surface area contributed by atoms with Crippen molar-refractivity contribution in [3.05, 3.63) is 314 Å². The maximum Gasteiger partial charge on any atom is 0.335 e. The van der Waals surface area contributed by atoms with Crippen molar-refractivity contribution in [2.24, 2.45) is 10.1 Å². The minimum atomic E-state index is -1.07. The second-order valence-electron chi connectivity index (χ2n) is 31.2. The van der Waals surface area contributed by atoms with Gasteiger partial charge < -0.3 is 52.2 Å². The number of hydrazone groups is 1. The van der Waals surface area contributed by atoms with Crippen molar-refractivity contribution < 1.29 is 86.2 Å². The van der Waals surface area contributed by atoms with Crippen molar-refractivity contribution in [1.29, 1.82) is 0 Å². The number of benzene rings is 9. The second kappa shape index (κ2) is 41.9. The number of imidazole rings is 1. The molecular weight excluding hydrogens is 1840 g/mol. The Labute approximate surface area is 780 Å². The van der Waals surface area contributed by atoms with E-state index in [0.29, 0.717) is 102 Å². The molecule has 3 amide bonds. The molecule has 5 aromatic heterocycles.